The molecule has 0 radical (unpaired) electrons. The summed E-state index contributed by atoms with van der Waals surface area (Å²) in [7, 11) is 5.38. The topological polar surface area (TPSA) is 129 Å². The van der Waals surface area contributed by atoms with Crippen LogP contribution < -0.4 is 0 Å². The number of rotatable bonds is 6. The molecule has 0 bridgehead atoms. The second-order valence-electron chi connectivity index (χ2n) is 2.34. The zero-order valence-electron chi connectivity index (χ0n) is 6.79. The second-order valence-corrected chi connectivity index (χ2v) is 9.87. The van der Waals surface area contributed by atoms with Crippen LogP contribution >= 0.6 is 8.25 Å². The molecule has 0 aromatic carbocycles. The van der Waals surface area contributed by atoms with Crippen LogP contribution in [0.4, 0.5) is 0 Å². The first-order valence-corrected chi connectivity index (χ1v) is 14.0. The van der Waals surface area contributed by atoms with Gasteiger partial charge in [-0.1, -0.05) is 0 Å². The van der Waals surface area contributed by atoms with E-state index in [1.165, 1.54) is 0 Å². The van der Waals surface area contributed by atoms with Gasteiger partial charge in [-0.3, -0.25) is 0 Å². The van der Waals surface area contributed by atoms with Crippen LogP contribution in [-0.2, 0) is 23.3 Å². The first-order chi connectivity index (χ1) is 6.39. The van der Waals surface area contributed by atoms with Crippen LogP contribution in [0.5, 0.6) is 0 Å². The average molecular weight is 414 g/mol. The van der Waals surface area contributed by atoms with Crippen molar-refractivity contribution in [3.8, 4) is 0 Å². The van der Waals surface area contributed by atoms with Crippen LogP contribution in [0.25, 0.3) is 0 Å². The Bertz CT molecular complexity index is 235. The zero-order chi connectivity index (χ0) is 11.4. The number of hydrogen-bond acceptors (Lipinski definition) is 6. The molecular formula is C3H4ClHgN3O6. The fraction of sp³-hybridized carbons (Fsp3) is 1.00. The van der Waals surface area contributed by atoms with Gasteiger partial charge in [0.15, 0.2) is 0 Å². The molecule has 0 aromatic rings. The minimum atomic E-state index is -3.31. The van der Waals surface area contributed by atoms with E-state index >= 15 is 0 Å². The molecule has 0 aliphatic rings. The first kappa shape index (κ1) is 13.4. The van der Waals surface area contributed by atoms with Crippen LogP contribution in [0.3, 0.4) is 0 Å². The summed E-state index contributed by atoms with van der Waals surface area (Å²) < 4.78 is 0.0461. The van der Waals surface area contributed by atoms with Gasteiger partial charge >= 0.3 is 92.8 Å². The van der Waals surface area contributed by atoms with Gasteiger partial charge < -0.3 is 0 Å². The molecule has 0 aromatic heterocycles. The van der Waals surface area contributed by atoms with Crippen molar-refractivity contribution >= 4 is 8.25 Å². The standard InChI is InChI=1S/C3H4N3O6.ClH.Hg/c1-2-3(4(7)8,5(9)10)6(11)12;;/h1-2H2;1H;/q;;+1/p-1. The minimum absolute atomic E-state index is 0.0461. The van der Waals surface area contributed by atoms with Crippen molar-refractivity contribution in [3.63, 3.8) is 0 Å². The molecule has 14 heavy (non-hydrogen) atoms. The summed E-state index contributed by atoms with van der Waals surface area (Å²) in [5, 5.41) is 30.9. The van der Waals surface area contributed by atoms with Gasteiger partial charge in [0.25, 0.3) is 0 Å². The van der Waals surface area contributed by atoms with Crippen molar-refractivity contribution < 1.29 is 38.1 Å². The molecule has 0 N–H and O–H groups in total. The molecule has 76 valence electrons. The molecule has 0 heterocycles. The van der Waals surface area contributed by atoms with Crippen LogP contribution in [0.2, 0.25) is 3.93 Å². The third-order valence-electron chi connectivity index (χ3n) is 1.52. The van der Waals surface area contributed by atoms with Gasteiger partial charge in [0.1, 0.15) is 0 Å². The molecule has 0 amide bonds. The van der Waals surface area contributed by atoms with Gasteiger partial charge in [-0.25, -0.2) is 0 Å². The predicted molar refractivity (Wildman–Crippen MR) is 39.0 cm³/mol. The average Bonchev–Trinajstić information content (AvgIpc) is 2.03. The summed E-state index contributed by atoms with van der Waals surface area (Å²) >= 11 is -1.86. The van der Waals surface area contributed by atoms with E-state index in [1.807, 2.05) is 0 Å². The van der Waals surface area contributed by atoms with Crippen molar-refractivity contribution in [3.05, 3.63) is 30.3 Å². The van der Waals surface area contributed by atoms with E-state index in [-0.39, 0.29) is 3.93 Å². The molecule has 0 spiro atoms. The molecule has 0 atom stereocenters. The van der Waals surface area contributed by atoms with Crippen molar-refractivity contribution in [2.45, 2.75) is 16.1 Å². The summed E-state index contributed by atoms with van der Waals surface area (Å²) in [5.41, 5.74) is 0. The van der Waals surface area contributed by atoms with Crippen LogP contribution in [0.1, 0.15) is 6.42 Å². The maximum atomic E-state index is 10.3. The molecule has 0 rings (SSSR count). The predicted octanol–water partition coefficient (Wildman–Crippen LogP) is 0.515. The van der Waals surface area contributed by atoms with Gasteiger partial charge in [-0.15, -0.1) is 0 Å². The van der Waals surface area contributed by atoms with Crippen LogP contribution in [-0.4, -0.2) is 20.6 Å². The van der Waals surface area contributed by atoms with E-state index in [0.717, 1.165) is 0 Å². The fourth-order valence-electron chi connectivity index (χ4n) is 0.778. The van der Waals surface area contributed by atoms with Crippen molar-refractivity contribution in [1.29, 1.82) is 0 Å². The number of hydrogen-bond donors (Lipinski definition) is 0. The van der Waals surface area contributed by atoms with Crippen LogP contribution in [0, 0.1) is 30.3 Å². The molecule has 0 saturated heterocycles. The quantitative estimate of drug-likeness (QED) is 0.270. The summed E-state index contributed by atoms with van der Waals surface area (Å²) in [6.45, 7) is 0. The normalized spacial score (nSPS) is 10.4. The third kappa shape index (κ3) is 2.47. The van der Waals surface area contributed by atoms with E-state index in [2.05, 4.69) is 0 Å². The molecule has 9 nitrogen and oxygen atoms in total. The number of nitro groups is 3. The van der Waals surface area contributed by atoms with E-state index in [0.29, 0.717) is 0 Å². The third-order valence-corrected chi connectivity index (χ3v) is 6.28. The SMILES string of the molecule is O=[N+]([O-])C(C[CH2][Hg][Cl])([N+](=O)[O-])[N+](=O)[O-]. The summed E-state index contributed by atoms with van der Waals surface area (Å²) in [6.07, 6.45) is -0.731. The second kappa shape index (κ2) is 5.34. The molecule has 0 fully saturated rings. The van der Waals surface area contributed by atoms with E-state index in [1.54, 1.807) is 0 Å². The van der Waals surface area contributed by atoms with Crippen molar-refractivity contribution in [2.75, 3.05) is 0 Å². The zero-order valence-corrected chi connectivity index (χ0v) is 13.0. The molecule has 0 saturated carbocycles. The van der Waals surface area contributed by atoms with Crippen molar-refractivity contribution in [2.24, 2.45) is 0 Å². The summed E-state index contributed by atoms with van der Waals surface area (Å²) in [4.78, 5) is 26.5. The molecule has 0 aliphatic carbocycles. The van der Waals surface area contributed by atoms with Gasteiger partial charge in [-0.2, -0.15) is 0 Å². The molecule has 11 heteroatoms. The van der Waals surface area contributed by atoms with Gasteiger partial charge in [0.2, 0.25) is 0 Å². The Kier molecular flexibility index (Phi) is 5.12. The fourth-order valence-corrected chi connectivity index (χ4v) is 4.31. The van der Waals surface area contributed by atoms with E-state index < -0.39 is 50.3 Å². The van der Waals surface area contributed by atoms with Gasteiger partial charge in [0, 0.05) is 0 Å². The number of nitrogens with zero attached hydrogens (tertiary/aromatic N) is 3. The van der Waals surface area contributed by atoms with Gasteiger partial charge in [0.05, 0.1) is 0 Å². The van der Waals surface area contributed by atoms with Gasteiger partial charge in [-0.05, 0) is 0 Å². The van der Waals surface area contributed by atoms with Crippen molar-refractivity contribution in [1.82, 2.24) is 0 Å². The number of halogens is 1. The Morgan fingerprint density at radius 1 is 1.07 bits per heavy atom. The molecule has 0 aliphatic heterocycles. The molecule has 0 unspecified atom stereocenters. The van der Waals surface area contributed by atoms with E-state index in [4.69, 9.17) is 8.25 Å². The Balaban J connectivity index is 5.06. The molecular weight excluding hydrogens is 410 g/mol. The maximum absolute atomic E-state index is 10.3. The Morgan fingerprint density at radius 2 is 1.43 bits per heavy atom. The van der Waals surface area contributed by atoms with Crippen LogP contribution in [0.15, 0.2) is 0 Å². The summed E-state index contributed by atoms with van der Waals surface area (Å²) in [6, 6.07) is 0. The Hall–Kier alpha value is -0.575. The van der Waals surface area contributed by atoms with E-state index in [9.17, 15) is 30.3 Å². The summed E-state index contributed by atoms with van der Waals surface area (Å²) in [5.74, 6) is -3.31. The first-order valence-electron chi connectivity index (χ1n) is 3.39. The monoisotopic (exact) mass is 415 g/mol. The Morgan fingerprint density at radius 3 is 1.64 bits per heavy atom. The Labute approximate surface area is 92.7 Å².